The van der Waals surface area contributed by atoms with E-state index >= 15 is 0 Å². The van der Waals surface area contributed by atoms with Gasteiger partial charge in [-0.05, 0) is 31.0 Å². The molecule has 0 bridgehead atoms. The maximum atomic E-state index is 10.0. The minimum Gasteiger partial charge on any atom is -0.387 e. The lowest BCUT2D eigenvalue weighted by molar-refractivity contribution is 0.169. The molecule has 3 N–H and O–H groups in total. The second kappa shape index (κ2) is 5.78. The summed E-state index contributed by atoms with van der Waals surface area (Å²) in [6.45, 7) is 3.93. The first-order chi connectivity index (χ1) is 12.1. The summed E-state index contributed by atoms with van der Waals surface area (Å²) in [5, 5.41) is 15.3. The van der Waals surface area contributed by atoms with Crippen LogP contribution >= 0.6 is 0 Å². The van der Waals surface area contributed by atoms with Crippen LogP contribution in [-0.4, -0.2) is 29.7 Å². The van der Waals surface area contributed by atoms with Gasteiger partial charge in [-0.25, -0.2) is 14.5 Å². The summed E-state index contributed by atoms with van der Waals surface area (Å²) in [5.74, 6) is 0.438. The van der Waals surface area contributed by atoms with Crippen molar-refractivity contribution in [3.8, 4) is 11.1 Å². The lowest BCUT2D eigenvalue weighted by Crippen LogP contribution is -2.01. The maximum absolute atomic E-state index is 10.0. The molecular formula is C18H18N6O. The van der Waals surface area contributed by atoms with Crippen molar-refractivity contribution in [3.05, 3.63) is 48.2 Å². The van der Waals surface area contributed by atoms with Crippen LogP contribution in [0.5, 0.6) is 0 Å². The van der Waals surface area contributed by atoms with Crippen LogP contribution in [0.3, 0.4) is 0 Å². The lowest BCUT2D eigenvalue weighted by atomic mass is 10.0. The highest BCUT2D eigenvalue weighted by molar-refractivity contribution is 5.92. The Morgan fingerprint density at radius 2 is 1.96 bits per heavy atom. The molecule has 0 spiro atoms. The van der Waals surface area contributed by atoms with E-state index < -0.39 is 6.10 Å². The van der Waals surface area contributed by atoms with Crippen LogP contribution in [0.4, 0.5) is 5.82 Å². The zero-order chi connectivity index (χ0) is 17.6. The molecule has 0 aliphatic rings. The number of rotatable bonds is 3. The number of hydrogen-bond donors (Lipinski definition) is 2. The number of anilines is 1. The van der Waals surface area contributed by atoms with Gasteiger partial charge in [-0.3, -0.25) is 4.98 Å². The van der Waals surface area contributed by atoms with Crippen molar-refractivity contribution in [2.45, 2.75) is 26.4 Å². The van der Waals surface area contributed by atoms with Gasteiger partial charge in [0.2, 0.25) is 0 Å². The first-order valence-corrected chi connectivity index (χ1v) is 8.11. The van der Waals surface area contributed by atoms with Crippen LogP contribution in [0.1, 0.15) is 30.7 Å². The molecule has 25 heavy (non-hydrogen) atoms. The smallest absolute Gasteiger partial charge is 0.163 e. The average Bonchev–Trinajstić information content (AvgIpc) is 3.11. The number of nitrogens with zero attached hydrogens (tertiary/aromatic N) is 5. The first-order valence-electron chi connectivity index (χ1n) is 8.11. The van der Waals surface area contributed by atoms with Gasteiger partial charge in [-0.2, -0.15) is 5.10 Å². The molecule has 0 aliphatic heterocycles. The van der Waals surface area contributed by atoms with Gasteiger partial charge in [0.05, 0.1) is 17.3 Å². The summed E-state index contributed by atoms with van der Waals surface area (Å²) in [6.07, 6.45) is 5.11. The minimum atomic E-state index is -0.551. The molecule has 0 fully saturated rings. The minimum absolute atomic E-state index is 0.438. The van der Waals surface area contributed by atoms with Crippen LogP contribution < -0.4 is 5.73 Å². The van der Waals surface area contributed by atoms with E-state index in [-0.39, 0.29) is 0 Å². The van der Waals surface area contributed by atoms with Crippen molar-refractivity contribution in [1.82, 2.24) is 24.6 Å². The summed E-state index contributed by atoms with van der Waals surface area (Å²) in [5.41, 5.74) is 11.0. The molecule has 7 nitrogen and oxygen atoms in total. The van der Waals surface area contributed by atoms with Crippen LogP contribution in [0.25, 0.3) is 27.7 Å². The van der Waals surface area contributed by atoms with Gasteiger partial charge in [-0.15, -0.1) is 0 Å². The van der Waals surface area contributed by atoms with E-state index in [1.165, 1.54) is 6.33 Å². The van der Waals surface area contributed by atoms with E-state index in [2.05, 4.69) is 20.1 Å². The maximum Gasteiger partial charge on any atom is 0.163 e. The zero-order valence-corrected chi connectivity index (χ0v) is 14.0. The van der Waals surface area contributed by atoms with Crippen molar-refractivity contribution >= 4 is 22.4 Å². The number of aliphatic hydroxyl groups is 1. The summed E-state index contributed by atoms with van der Waals surface area (Å²) in [4.78, 5) is 13.0. The number of aromatic nitrogens is 5. The Balaban J connectivity index is 1.97. The fourth-order valence-electron chi connectivity index (χ4n) is 3.04. The van der Waals surface area contributed by atoms with Crippen molar-refractivity contribution in [2.75, 3.05) is 5.73 Å². The highest BCUT2D eigenvalue weighted by Crippen LogP contribution is 2.31. The molecule has 0 saturated heterocycles. The Morgan fingerprint density at radius 1 is 1.12 bits per heavy atom. The summed E-state index contributed by atoms with van der Waals surface area (Å²) >= 11 is 0. The van der Waals surface area contributed by atoms with Gasteiger partial charge < -0.3 is 10.8 Å². The fraction of sp³-hybridized carbons (Fsp3) is 0.222. The van der Waals surface area contributed by atoms with Crippen molar-refractivity contribution in [2.24, 2.45) is 0 Å². The van der Waals surface area contributed by atoms with E-state index in [4.69, 9.17) is 5.73 Å². The molecule has 4 aromatic rings. The average molecular weight is 334 g/mol. The Bertz CT molecular complexity index is 1090. The molecule has 0 radical (unpaired) electrons. The van der Waals surface area contributed by atoms with E-state index in [1.807, 2.05) is 26.0 Å². The Hall–Kier alpha value is -3.06. The molecule has 0 amide bonds. The van der Waals surface area contributed by atoms with Gasteiger partial charge in [0.1, 0.15) is 12.1 Å². The lowest BCUT2D eigenvalue weighted by Gasteiger charge is -2.13. The van der Waals surface area contributed by atoms with Crippen LogP contribution in [0.15, 0.2) is 36.9 Å². The Morgan fingerprint density at radius 3 is 2.72 bits per heavy atom. The zero-order valence-electron chi connectivity index (χ0n) is 14.0. The highest BCUT2D eigenvalue weighted by Gasteiger charge is 2.15. The quantitative estimate of drug-likeness (QED) is 0.597. The molecule has 1 atom stereocenters. The normalized spacial score (nSPS) is 12.8. The molecule has 4 rings (SSSR count). The molecule has 0 aromatic carbocycles. The Labute approximate surface area is 144 Å². The van der Waals surface area contributed by atoms with E-state index in [0.717, 1.165) is 33.2 Å². The Kier molecular flexibility index (Phi) is 3.58. The third-order valence-electron chi connectivity index (χ3n) is 4.40. The third kappa shape index (κ3) is 2.49. The number of aryl methyl sites for hydroxylation is 1. The third-order valence-corrected chi connectivity index (χ3v) is 4.40. The number of hydrogen-bond acceptors (Lipinski definition) is 6. The molecule has 0 saturated carbocycles. The van der Waals surface area contributed by atoms with Gasteiger partial charge >= 0.3 is 0 Å². The number of fused-ring (bicyclic) bond motifs is 3. The van der Waals surface area contributed by atoms with Crippen LogP contribution in [0, 0.1) is 6.92 Å². The topological polar surface area (TPSA) is 102 Å². The number of nitrogen functional groups attached to an aromatic ring is 1. The SMILES string of the molecule is CC[C@H](O)c1cc(C)c(-c2cc3cnc(N)cc3n3ncnc23)cn1. The van der Waals surface area contributed by atoms with Gasteiger partial charge in [0.15, 0.2) is 5.65 Å². The molecule has 126 valence electrons. The molecule has 4 aromatic heterocycles. The highest BCUT2D eigenvalue weighted by atomic mass is 16.3. The van der Waals surface area contributed by atoms with E-state index in [1.54, 1.807) is 23.0 Å². The monoisotopic (exact) mass is 334 g/mol. The summed E-state index contributed by atoms with van der Waals surface area (Å²) in [6, 6.07) is 5.72. The number of aliphatic hydroxyl groups excluding tert-OH is 1. The van der Waals surface area contributed by atoms with Gasteiger partial charge in [-0.1, -0.05) is 6.92 Å². The first kappa shape index (κ1) is 15.5. The molecule has 0 aliphatic carbocycles. The molecule has 7 heteroatoms. The second-order valence-electron chi connectivity index (χ2n) is 6.07. The largest absolute Gasteiger partial charge is 0.387 e. The van der Waals surface area contributed by atoms with E-state index in [0.29, 0.717) is 17.9 Å². The van der Waals surface area contributed by atoms with Gasteiger partial charge in [0, 0.05) is 35.0 Å². The molecule has 0 unspecified atom stereocenters. The van der Waals surface area contributed by atoms with Gasteiger partial charge in [0.25, 0.3) is 0 Å². The number of nitrogens with two attached hydrogens (primary N) is 1. The van der Waals surface area contributed by atoms with E-state index in [9.17, 15) is 5.11 Å². The van der Waals surface area contributed by atoms with Crippen molar-refractivity contribution < 1.29 is 5.11 Å². The fourth-order valence-corrected chi connectivity index (χ4v) is 3.04. The van der Waals surface area contributed by atoms with Crippen molar-refractivity contribution in [1.29, 1.82) is 0 Å². The predicted octanol–water partition coefficient (Wildman–Crippen LogP) is 2.67. The van der Waals surface area contributed by atoms with Crippen LogP contribution in [-0.2, 0) is 0 Å². The summed E-state index contributed by atoms with van der Waals surface area (Å²) < 4.78 is 1.76. The van der Waals surface area contributed by atoms with Crippen LogP contribution in [0.2, 0.25) is 0 Å². The van der Waals surface area contributed by atoms with Crippen molar-refractivity contribution in [3.63, 3.8) is 0 Å². The summed E-state index contributed by atoms with van der Waals surface area (Å²) in [7, 11) is 0. The number of pyridine rings is 3. The molecule has 4 heterocycles. The molecular weight excluding hydrogens is 316 g/mol. The standard InChI is InChI=1S/C18H18N6O/c1-3-16(25)14-4-10(2)13(8-20-14)12-5-11-7-21-17(19)6-15(11)24-18(12)22-9-23-24/h4-9,16,25H,3H2,1-2H3,(H2,19,21)/t16-/m0/s1. The predicted molar refractivity (Wildman–Crippen MR) is 95.9 cm³/mol. The second-order valence-corrected chi connectivity index (χ2v) is 6.07.